The molecule has 2 bridgehead atoms. The van der Waals surface area contributed by atoms with Crippen LogP contribution in [0.15, 0.2) is 18.2 Å². The number of hydrogen-bond donors (Lipinski definition) is 0. The SMILES string of the molecule is CC1(C)C[C@@H]2C[C@](C)(CN2C(=O)COc2cc(F)ccc2[N+](=O)[O-])C1. The van der Waals surface area contributed by atoms with Crippen molar-refractivity contribution >= 4 is 11.6 Å². The summed E-state index contributed by atoms with van der Waals surface area (Å²) in [5, 5.41) is 11.0. The van der Waals surface area contributed by atoms with E-state index in [9.17, 15) is 19.3 Å². The van der Waals surface area contributed by atoms with Gasteiger partial charge in [0.25, 0.3) is 5.91 Å². The van der Waals surface area contributed by atoms with E-state index in [4.69, 9.17) is 4.74 Å². The maximum Gasteiger partial charge on any atom is 0.311 e. The number of amides is 1. The third kappa shape index (κ3) is 3.60. The number of likely N-dealkylation sites (tertiary alicyclic amines) is 1. The lowest BCUT2D eigenvalue weighted by molar-refractivity contribution is -0.385. The highest BCUT2D eigenvalue weighted by Gasteiger charge is 2.50. The number of nitro benzene ring substituents is 1. The van der Waals surface area contributed by atoms with Crippen LogP contribution in [-0.2, 0) is 4.79 Å². The second-order valence-corrected chi connectivity index (χ2v) is 8.39. The second kappa shape index (κ2) is 5.97. The van der Waals surface area contributed by atoms with Gasteiger partial charge < -0.3 is 9.64 Å². The Morgan fingerprint density at radius 1 is 1.40 bits per heavy atom. The first kappa shape index (κ1) is 17.6. The second-order valence-electron chi connectivity index (χ2n) is 8.39. The van der Waals surface area contributed by atoms with Crippen molar-refractivity contribution < 1.29 is 18.8 Å². The van der Waals surface area contributed by atoms with Crippen LogP contribution in [0.1, 0.15) is 40.0 Å². The van der Waals surface area contributed by atoms with E-state index in [1.54, 1.807) is 0 Å². The zero-order chi connectivity index (χ0) is 18.4. The van der Waals surface area contributed by atoms with Gasteiger partial charge in [0.15, 0.2) is 6.61 Å². The highest BCUT2D eigenvalue weighted by atomic mass is 19.1. The number of rotatable bonds is 4. The van der Waals surface area contributed by atoms with E-state index in [0.717, 1.165) is 37.5 Å². The number of nitrogens with zero attached hydrogens (tertiary/aromatic N) is 2. The Labute approximate surface area is 146 Å². The number of fused-ring (bicyclic) bond motifs is 2. The third-order valence-electron chi connectivity index (χ3n) is 5.20. The molecule has 136 valence electrons. The van der Waals surface area contributed by atoms with Gasteiger partial charge in [-0.05, 0) is 36.2 Å². The Morgan fingerprint density at radius 2 is 2.12 bits per heavy atom. The van der Waals surface area contributed by atoms with Crippen molar-refractivity contribution in [2.45, 2.75) is 46.1 Å². The molecule has 1 saturated heterocycles. The van der Waals surface area contributed by atoms with Gasteiger partial charge in [-0.3, -0.25) is 14.9 Å². The zero-order valence-corrected chi connectivity index (χ0v) is 14.8. The van der Waals surface area contributed by atoms with Crippen molar-refractivity contribution in [1.29, 1.82) is 0 Å². The molecule has 1 heterocycles. The summed E-state index contributed by atoms with van der Waals surface area (Å²) >= 11 is 0. The van der Waals surface area contributed by atoms with Gasteiger partial charge in [0.05, 0.1) is 4.92 Å². The smallest absolute Gasteiger partial charge is 0.311 e. The molecule has 1 aromatic carbocycles. The maximum atomic E-state index is 13.3. The Balaban J connectivity index is 1.70. The largest absolute Gasteiger partial charge is 0.477 e. The summed E-state index contributed by atoms with van der Waals surface area (Å²) in [5.74, 6) is -1.06. The zero-order valence-electron chi connectivity index (χ0n) is 14.8. The fourth-order valence-electron chi connectivity index (χ4n) is 4.73. The average Bonchev–Trinajstić information content (AvgIpc) is 2.73. The first-order valence-corrected chi connectivity index (χ1v) is 8.45. The van der Waals surface area contributed by atoms with Crippen molar-refractivity contribution in [3.63, 3.8) is 0 Å². The molecule has 1 aliphatic carbocycles. The van der Waals surface area contributed by atoms with Gasteiger partial charge in [0, 0.05) is 24.7 Å². The molecule has 1 saturated carbocycles. The lowest BCUT2D eigenvalue weighted by Gasteiger charge is -2.39. The average molecular weight is 350 g/mol. The van der Waals surface area contributed by atoms with Crippen LogP contribution in [0, 0.1) is 26.8 Å². The normalized spacial score (nSPS) is 27.2. The summed E-state index contributed by atoms with van der Waals surface area (Å²) in [4.78, 5) is 24.8. The van der Waals surface area contributed by atoms with Gasteiger partial charge >= 0.3 is 5.69 Å². The van der Waals surface area contributed by atoms with Crippen LogP contribution in [0.4, 0.5) is 10.1 Å². The Kier molecular flexibility index (Phi) is 4.21. The molecule has 2 fully saturated rings. The van der Waals surface area contributed by atoms with Gasteiger partial charge in [-0.2, -0.15) is 0 Å². The molecule has 2 aliphatic rings. The molecule has 25 heavy (non-hydrogen) atoms. The number of ether oxygens (including phenoxy) is 1. The van der Waals surface area contributed by atoms with Crippen LogP contribution >= 0.6 is 0 Å². The molecule has 0 N–H and O–H groups in total. The molecule has 0 unspecified atom stereocenters. The first-order chi connectivity index (χ1) is 11.6. The molecular formula is C18H23FN2O4. The van der Waals surface area contributed by atoms with Crippen LogP contribution < -0.4 is 4.74 Å². The van der Waals surface area contributed by atoms with E-state index < -0.39 is 10.7 Å². The van der Waals surface area contributed by atoms with E-state index in [2.05, 4.69) is 20.8 Å². The minimum atomic E-state index is -0.647. The fraction of sp³-hybridized carbons (Fsp3) is 0.611. The molecule has 7 heteroatoms. The standard InChI is InChI=1S/C18H23FN2O4/c1-17(2)7-13-8-18(3,10-17)11-20(13)16(22)9-25-15-6-12(19)4-5-14(15)21(23)24/h4-6,13H,7-11H2,1-3H3/t13-,18+/m1/s1. The van der Waals surface area contributed by atoms with E-state index in [1.165, 1.54) is 0 Å². The van der Waals surface area contributed by atoms with Crippen LogP contribution in [0.25, 0.3) is 0 Å². The van der Waals surface area contributed by atoms with Gasteiger partial charge in [-0.15, -0.1) is 0 Å². The number of halogens is 1. The van der Waals surface area contributed by atoms with Crippen molar-refractivity contribution in [2.24, 2.45) is 10.8 Å². The molecule has 0 spiro atoms. The number of carbonyl (C=O) groups is 1. The van der Waals surface area contributed by atoms with Crippen LogP contribution in [0.5, 0.6) is 5.75 Å². The topological polar surface area (TPSA) is 72.7 Å². The third-order valence-corrected chi connectivity index (χ3v) is 5.20. The monoisotopic (exact) mass is 350 g/mol. The molecule has 2 atom stereocenters. The summed E-state index contributed by atoms with van der Waals surface area (Å²) in [6, 6.07) is 3.16. The van der Waals surface area contributed by atoms with E-state index in [-0.39, 0.29) is 40.8 Å². The van der Waals surface area contributed by atoms with E-state index >= 15 is 0 Å². The predicted molar refractivity (Wildman–Crippen MR) is 89.8 cm³/mol. The van der Waals surface area contributed by atoms with Crippen LogP contribution in [-0.4, -0.2) is 34.9 Å². The molecule has 0 aromatic heterocycles. The minimum absolute atomic E-state index is 0.104. The maximum absolute atomic E-state index is 13.3. The van der Waals surface area contributed by atoms with Crippen molar-refractivity contribution in [2.75, 3.05) is 13.2 Å². The molecule has 0 radical (unpaired) electrons. The number of hydrogen-bond acceptors (Lipinski definition) is 4. The summed E-state index contributed by atoms with van der Waals surface area (Å²) in [5.41, 5.74) is -0.0515. The van der Waals surface area contributed by atoms with Crippen molar-refractivity contribution in [3.8, 4) is 5.75 Å². The predicted octanol–water partition coefficient (Wildman–Crippen LogP) is 3.54. The molecule has 1 aromatic rings. The van der Waals surface area contributed by atoms with Crippen LogP contribution in [0.3, 0.4) is 0 Å². The lowest BCUT2D eigenvalue weighted by atomic mass is 9.65. The highest BCUT2D eigenvalue weighted by Crippen LogP contribution is 2.52. The lowest BCUT2D eigenvalue weighted by Crippen LogP contribution is -2.40. The fourth-order valence-corrected chi connectivity index (χ4v) is 4.73. The number of nitro groups is 1. The summed E-state index contributed by atoms with van der Waals surface area (Å²) in [6.45, 7) is 6.99. The van der Waals surface area contributed by atoms with Gasteiger partial charge in [-0.25, -0.2) is 4.39 Å². The number of carbonyl (C=O) groups excluding carboxylic acids is 1. The minimum Gasteiger partial charge on any atom is -0.477 e. The van der Waals surface area contributed by atoms with E-state index in [1.807, 2.05) is 4.90 Å². The first-order valence-electron chi connectivity index (χ1n) is 8.45. The molecule has 3 rings (SSSR count). The van der Waals surface area contributed by atoms with Gasteiger partial charge in [0.1, 0.15) is 5.82 Å². The van der Waals surface area contributed by atoms with Gasteiger partial charge in [0.2, 0.25) is 5.75 Å². The Bertz CT molecular complexity index is 721. The van der Waals surface area contributed by atoms with Gasteiger partial charge in [-0.1, -0.05) is 20.8 Å². The highest BCUT2D eigenvalue weighted by molar-refractivity contribution is 5.78. The summed E-state index contributed by atoms with van der Waals surface area (Å²) in [6.07, 6.45) is 2.98. The van der Waals surface area contributed by atoms with Crippen molar-refractivity contribution in [3.05, 3.63) is 34.1 Å². The molecule has 1 aliphatic heterocycles. The van der Waals surface area contributed by atoms with Crippen molar-refractivity contribution in [1.82, 2.24) is 4.90 Å². The molecular weight excluding hydrogens is 327 g/mol. The summed E-state index contributed by atoms with van der Waals surface area (Å²) < 4.78 is 18.7. The summed E-state index contributed by atoms with van der Waals surface area (Å²) in [7, 11) is 0. The Morgan fingerprint density at radius 3 is 2.80 bits per heavy atom. The van der Waals surface area contributed by atoms with Crippen LogP contribution in [0.2, 0.25) is 0 Å². The molecule has 6 nitrogen and oxygen atoms in total. The molecule has 1 amide bonds. The van der Waals surface area contributed by atoms with E-state index in [0.29, 0.717) is 6.54 Å². The Hall–Kier alpha value is -2.18. The quantitative estimate of drug-likeness (QED) is 0.615. The number of benzene rings is 1.